The molecule has 0 aliphatic carbocycles. The summed E-state index contributed by atoms with van der Waals surface area (Å²) in [6.45, 7) is 1.75. The van der Waals surface area contributed by atoms with Gasteiger partial charge in [0.1, 0.15) is 18.2 Å². The molecule has 106 valence electrons. The molecule has 1 atom stereocenters. The fourth-order valence-electron chi connectivity index (χ4n) is 1.69. The number of ether oxygens (including phenoxy) is 1. The third-order valence-corrected chi connectivity index (χ3v) is 3.63. The van der Waals surface area contributed by atoms with Crippen LogP contribution in [0.1, 0.15) is 24.2 Å². The fourth-order valence-corrected chi connectivity index (χ4v) is 2.26. The average Bonchev–Trinajstić information content (AvgIpc) is 2.38. The minimum absolute atomic E-state index is 0.0901. The SMILES string of the molecule is C[C@@H](O)c1ccc(OCc2ccc(Br)cc2F)c(Cl)c1. The van der Waals surface area contributed by atoms with Gasteiger partial charge in [-0.05, 0) is 36.8 Å². The van der Waals surface area contributed by atoms with E-state index in [4.69, 9.17) is 16.3 Å². The van der Waals surface area contributed by atoms with Crippen molar-refractivity contribution in [1.82, 2.24) is 0 Å². The van der Waals surface area contributed by atoms with Gasteiger partial charge in [-0.15, -0.1) is 0 Å². The van der Waals surface area contributed by atoms with Crippen molar-refractivity contribution in [2.45, 2.75) is 19.6 Å². The van der Waals surface area contributed by atoms with Crippen molar-refractivity contribution in [1.29, 1.82) is 0 Å². The monoisotopic (exact) mass is 358 g/mol. The summed E-state index contributed by atoms with van der Waals surface area (Å²) < 4.78 is 19.8. The molecule has 0 amide bonds. The molecule has 0 radical (unpaired) electrons. The highest BCUT2D eigenvalue weighted by Gasteiger charge is 2.08. The second kappa shape index (κ2) is 6.57. The van der Waals surface area contributed by atoms with E-state index >= 15 is 0 Å². The van der Waals surface area contributed by atoms with Crippen LogP contribution in [0.4, 0.5) is 4.39 Å². The highest BCUT2D eigenvalue weighted by atomic mass is 79.9. The van der Waals surface area contributed by atoms with Gasteiger partial charge in [-0.3, -0.25) is 0 Å². The van der Waals surface area contributed by atoms with Crippen LogP contribution >= 0.6 is 27.5 Å². The Morgan fingerprint density at radius 1 is 1.30 bits per heavy atom. The van der Waals surface area contributed by atoms with Gasteiger partial charge in [0.25, 0.3) is 0 Å². The molecule has 0 heterocycles. The van der Waals surface area contributed by atoms with Gasteiger partial charge in [-0.25, -0.2) is 4.39 Å². The molecule has 0 aliphatic heterocycles. The summed E-state index contributed by atoms with van der Waals surface area (Å²) in [6, 6.07) is 9.82. The summed E-state index contributed by atoms with van der Waals surface area (Å²) in [5, 5.41) is 9.85. The van der Waals surface area contributed by atoms with Crippen molar-refractivity contribution in [3.8, 4) is 5.75 Å². The number of aliphatic hydroxyl groups excluding tert-OH is 1. The lowest BCUT2D eigenvalue weighted by Gasteiger charge is -2.11. The molecular weight excluding hydrogens is 347 g/mol. The Bertz CT molecular complexity index is 617. The Balaban J connectivity index is 2.11. The lowest BCUT2D eigenvalue weighted by molar-refractivity contribution is 0.199. The largest absolute Gasteiger partial charge is 0.487 e. The number of aliphatic hydroxyl groups is 1. The highest BCUT2D eigenvalue weighted by Crippen LogP contribution is 2.29. The summed E-state index contributed by atoms with van der Waals surface area (Å²) >= 11 is 9.27. The molecule has 2 aromatic rings. The zero-order chi connectivity index (χ0) is 14.7. The zero-order valence-electron chi connectivity index (χ0n) is 10.7. The van der Waals surface area contributed by atoms with Crippen molar-refractivity contribution >= 4 is 27.5 Å². The smallest absolute Gasteiger partial charge is 0.138 e. The van der Waals surface area contributed by atoms with Crippen LogP contribution in [0.25, 0.3) is 0 Å². The summed E-state index contributed by atoms with van der Waals surface area (Å²) in [6.07, 6.45) is -0.592. The topological polar surface area (TPSA) is 29.5 Å². The van der Waals surface area contributed by atoms with Crippen molar-refractivity contribution in [3.05, 3.63) is 62.8 Å². The van der Waals surface area contributed by atoms with Gasteiger partial charge in [0.15, 0.2) is 0 Å². The Labute approximate surface area is 130 Å². The summed E-state index contributed by atoms with van der Waals surface area (Å²) in [7, 11) is 0. The van der Waals surface area contributed by atoms with Crippen LogP contribution in [-0.2, 0) is 6.61 Å². The van der Waals surface area contributed by atoms with E-state index in [-0.39, 0.29) is 12.4 Å². The van der Waals surface area contributed by atoms with E-state index in [0.717, 1.165) is 0 Å². The van der Waals surface area contributed by atoms with E-state index in [2.05, 4.69) is 15.9 Å². The lowest BCUT2D eigenvalue weighted by Crippen LogP contribution is -1.99. The van der Waals surface area contributed by atoms with E-state index in [1.54, 1.807) is 37.3 Å². The highest BCUT2D eigenvalue weighted by molar-refractivity contribution is 9.10. The minimum atomic E-state index is -0.592. The molecule has 2 aromatic carbocycles. The average molecular weight is 360 g/mol. The van der Waals surface area contributed by atoms with Gasteiger partial charge in [0.05, 0.1) is 11.1 Å². The second-order valence-corrected chi connectivity index (χ2v) is 5.71. The molecule has 20 heavy (non-hydrogen) atoms. The molecule has 0 aromatic heterocycles. The van der Waals surface area contributed by atoms with E-state index < -0.39 is 6.10 Å². The van der Waals surface area contributed by atoms with Crippen molar-refractivity contribution in [2.75, 3.05) is 0 Å². The first-order chi connectivity index (χ1) is 9.47. The molecular formula is C15H13BrClFO2. The standard InChI is InChI=1S/C15H13BrClFO2/c1-9(19)10-3-5-15(13(17)6-10)20-8-11-2-4-12(16)7-14(11)18/h2-7,9,19H,8H2,1H3/t9-/m1/s1. The first-order valence-corrected chi connectivity index (χ1v) is 7.18. The van der Waals surface area contributed by atoms with Crippen molar-refractivity contribution in [2.24, 2.45) is 0 Å². The quantitative estimate of drug-likeness (QED) is 0.843. The molecule has 0 unspecified atom stereocenters. The third kappa shape index (κ3) is 3.72. The first kappa shape index (κ1) is 15.3. The van der Waals surface area contributed by atoms with Crippen LogP contribution in [-0.4, -0.2) is 5.11 Å². The van der Waals surface area contributed by atoms with Gasteiger partial charge in [-0.1, -0.05) is 39.7 Å². The van der Waals surface area contributed by atoms with E-state index in [9.17, 15) is 9.50 Å². The van der Waals surface area contributed by atoms with Gasteiger partial charge in [0, 0.05) is 10.0 Å². The first-order valence-electron chi connectivity index (χ1n) is 6.01. The zero-order valence-corrected chi connectivity index (χ0v) is 13.1. The lowest BCUT2D eigenvalue weighted by atomic mass is 10.1. The second-order valence-electron chi connectivity index (χ2n) is 4.39. The van der Waals surface area contributed by atoms with Crippen LogP contribution in [0, 0.1) is 5.82 Å². The Morgan fingerprint density at radius 2 is 2.05 bits per heavy atom. The van der Waals surface area contributed by atoms with Crippen molar-refractivity contribution in [3.63, 3.8) is 0 Å². The molecule has 0 fully saturated rings. The van der Waals surface area contributed by atoms with Crippen LogP contribution in [0.15, 0.2) is 40.9 Å². The number of halogens is 3. The van der Waals surface area contributed by atoms with Crippen LogP contribution < -0.4 is 4.74 Å². The predicted molar refractivity (Wildman–Crippen MR) is 80.5 cm³/mol. The van der Waals surface area contributed by atoms with Crippen molar-refractivity contribution < 1.29 is 14.2 Å². The molecule has 0 saturated heterocycles. The summed E-state index contributed by atoms with van der Waals surface area (Å²) in [4.78, 5) is 0. The molecule has 1 N–H and O–H groups in total. The molecule has 0 bridgehead atoms. The Hall–Kier alpha value is -1.10. The predicted octanol–water partition coefficient (Wildman–Crippen LogP) is 4.87. The maximum atomic E-state index is 13.6. The summed E-state index contributed by atoms with van der Waals surface area (Å²) in [5.41, 5.74) is 1.15. The summed E-state index contributed by atoms with van der Waals surface area (Å²) in [5.74, 6) is 0.120. The number of rotatable bonds is 4. The maximum absolute atomic E-state index is 13.6. The van der Waals surface area contributed by atoms with Crippen LogP contribution in [0.5, 0.6) is 5.75 Å². The normalized spacial score (nSPS) is 12.2. The van der Waals surface area contributed by atoms with E-state index in [1.807, 2.05) is 0 Å². The number of hydrogen-bond acceptors (Lipinski definition) is 2. The van der Waals surface area contributed by atoms with Crippen LogP contribution in [0.3, 0.4) is 0 Å². The minimum Gasteiger partial charge on any atom is -0.487 e. The maximum Gasteiger partial charge on any atom is 0.138 e. The Morgan fingerprint density at radius 3 is 2.65 bits per heavy atom. The van der Waals surface area contributed by atoms with Gasteiger partial charge in [0.2, 0.25) is 0 Å². The molecule has 0 saturated carbocycles. The molecule has 0 aliphatic rings. The number of benzene rings is 2. The van der Waals surface area contributed by atoms with E-state index in [0.29, 0.717) is 26.4 Å². The Kier molecular flexibility index (Phi) is 5.02. The fraction of sp³-hybridized carbons (Fsp3) is 0.200. The van der Waals surface area contributed by atoms with Gasteiger partial charge < -0.3 is 9.84 Å². The van der Waals surface area contributed by atoms with E-state index in [1.165, 1.54) is 6.07 Å². The van der Waals surface area contributed by atoms with Crippen LogP contribution in [0.2, 0.25) is 5.02 Å². The molecule has 5 heteroatoms. The molecule has 0 spiro atoms. The number of hydrogen-bond donors (Lipinski definition) is 1. The third-order valence-electron chi connectivity index (χ3n) is 2.84. The van der Waals surface area contributed by atoms with Gasteiger partial charge >= 0.3 is 0 Å². The molecule has 2 nitrogen and oxygen atoms in total. The molecule has 2 rings (SSSR count). The van der Waals surface area contributed by atoms with Gasteiger partial charge in [-0.2, -0.15) is 0 Å².